The van der Waals surface area contributed by atoms with Crippen molar-refractivity contribution >= 4 is 17.9 Å². The van der Waals surface area contributed by atoms with Gasteiger partial charge >= 0.3 is 17.9 Å². The zero-order chi connectivity index (χ0) is 57.8. The highest BCUT2D eigenvalue weighted by Gasteiger charge is 2.19. The number of rotatable bonds is 58. The Kier molecular flexibility index (Phi) is 62.9. The maximum Gasteiger partial charge on any atom is 0.306 e. The van der Waals surface area contributed by atoms with Crippen LogP contribution >= 0.6 is 0 Å². The van der Waals surface area contributed by atoms with Crippen molar-refractivity contribution in [1.29, 1.82) is 0 Å². The molecule has 1 unspecified atom stereocenters. The summed E-state index contributed by atoms with van der Waals surface area (Å²) >= 11 is 0. The Bertz CT molecular complexity index is 1750. The lowest BCUT2D eigenvalue weighted by atomic mass is 10.1. The molecule has 0 rings (SSSR count). The zero-order valence-corrected chi connectivity index (χ0v) is 51.8. The average molecular weight is 1110 g/mol. The van der Waals surface area contributed by atoms with Crippen LogP contribution in [0.2, 0.25) is 0 Å². The molecule has 80 heavy (non-hydrogen) atoms. The first kappa shape index (κ1) is 75.3. The van der Waals surface area contributed by atoms with E-state index < -0.39 is 6.10 Å². The molecule has 0 aromatic rings. The van der Waals surface area contributed by atoms with Crippen molar-refractivity contribution in [2.24, 2.45) is 0 Å². The molecule has 0 aromatic heterocycles. The predicted molar refractivity (Wildman–Crippen MR) is 348 cm³/mol. The SMILES string of the molecule is CC/C=C\C/C=C\C/C=C\C/C=C\C/C=C\C/C=C\C/C=C\CCCCCCCCCCCC(=O)OCC(COC(=O)CCCCCCC/C=C\CCCCCCC)OC(=O)CCCCCC/C=C\C/C=C\C/C=C\C/C=C\CC. The van der Waals surface area contributed by atoms with Crippen molar-refractivity contribution in [2.45, 2.75) is 290 Å². The highest BCUT2D eigenvalue weighted by Crippen LogP contribution is 2.15. The molecule has 0 aliphatic carbocycles. The lowest BCUT2D eigenvalue weighted by Crippen LogP contribution is -2.30. The summed E-state index contributed by atoms with van der Waals surface area (Å²) in [6.45, 7) is 6.38. The van der Waals surface area contributed by atoms with Gasteiger partial charge in [0.2, 0.25) is 0 Å². The first-order valence-electron chi connectivity index (χ1n) is 32.8. The summed E-state index contributed by atoms with van der Waals surface area (Å²) in [7, 11) is 0. The highest BCUT2D eigenvalue weighted by atomic mass is 16.6. The van der Waals surface area contributed by atoms with Crippen molar-refractivity contribution < 1.29 is 28.6 Å². The maximum atomic E-state index is 12.9. The van der Waals surface area contributed by atoms with Gasteiger partial charge in [-0.25, -0.2) is 0 Å². The largest absolute Gasteiger partial charge is 0.462 e. The molecule has 0 amide bonds. The minimum absolute atomic E-state index is 0.0978. The Morgan fingerprint density at radius 2 is 0.487 bits per heavy atom. The number of hydrogen-bond donors (Lipinski definition) is 0. The molecule has 6 nitrogen and oxygen atoms in total. The van der Waals surface area contributed by atoms with Crippen LogP contribution in [0.5, 0.6) is 0 Å². The molecule has 0 heterocycles. The molecule has 0 aliphatic rings. The molecular formula is C74H120O6. The van der Waals surface area contributed by atoms with Crippen LogP contribution in [0.25, 0.3) is 0 Å². The smallest absolute Gasteiger partial charge is 0.306 e. The van der Waals surface area contributed by atoms with E-state index in [0.717, 1.165) is 161 Å². The van der Waals surface area contributed by atoms with E-state index in [1.54, 1.807) is 0 Å². The number of carbonyl (C=O) groups excluding carboxylic acids is 3. The molecule has 0 aliphatic heterocycles. The number of ether oxygens (including phenoxy) is 3. The normalized spacial score (nSPS) is 13.1. The van der Waals surface area contributed by atoms with Gasteiger partial charge in [0, 0.05) is 19.3 Å². The van der Waals surface area contributed by atoms with Gasteiger partial charge in [-0.3, -0.25) is 14.4 Å². The molecule has 0 aromatic carbocycles. The van der Waals surface area contributed by atoms with Crippen LogP contribution in [-0.2, 0) is 28.6 Å². The second-order valence-electron chi connectivity index (χ2n) is 21.3. The Labute approximate surface area is 493 Å². The van der Waals surface area contributed by atoms with E-state index in [2.05, 4.69) is 167 Å². The summed E-state index contributed by atoms with van der Waals surface area (Å²) in [6.07, 6.45) is 95.7. The molecule has 452 valence electrons. The standard InChI is InChI=1S/C74H120O6/c1-4-7-10-13-16-19-22-25-28-30-31-32-33-34-35-36-37-38-39-40-41-42-43-45-46-49-52-55-58-61-64-67-73(76)79-70-71(69-78-72(75)66-63-60-57-54-51-48-27-24-21-18-15-12-9-6-3)80-74(77)68-65-62-59-56-53-50-47-44-29-26-23-20-17-14-11-8-5-2/h7-8,10-11,16-17,19-20,24-29,31-32,34-35,37-38,40-41,47,50,71H,4-6,9,12-15,18,21-23,30,33,36,39,42-46,48-49,51-70H2,1-3H3/b10-7-,11-8-,19-16-,20-17-,27-24-,28-25-,29-26-,32-31-,35-34-,38-37-,41-40-,50-47-. The highest BCUT2D eigenvalue weighted by molar-refractivity contribution is 5.71. The lowest BCUT2D eigenvalue weighted by Gasteiger charge is -2.18. The van der Waals surface area contributed by atoms with Gasteiger partial charge < -0.3 is 14.2 Å². The molecule has 6 heteroatoms. The fourth-order valence-electron chi connectivity index (χ4n) is 8.70. The minimum atomic E-state index is -0.803. The van der Waals surface area contributed by atoms with Crippen LogP contribution in [0.3, 0.4) is 0 Å². The molecule has 1 atom stereocenters. The Morgan fingerprint density at radius 1 is 0.263 bits per heavy atom. The van der Waals surface area contributed by atoms with E-state index in [-0.39, 0.29) is 31.1 Å². The number of esters is 3. The second-order valence-corrected chi connectivity index (χ2v) is 21.3. The van der Waals surface area contributed by atoms with Gasteiger partial charge in [0.1, 0.15) is 13.2 Å². The average Bonchev–Trinajstić information content (AvgIpc) is 3.46. The van der Waals surface area contributed by atoms with Crippen molar-refractivity contribution in [2.75, 3.05) is 13.2 Å². The fourth-order valence-corrected chi connectivity index (χ4v) is 8.70. The summed E-state index contributed by atoms with van der Waals surface area (Å²) in [6, 6.07) is 0. The van der Waals surface area contributed by atoms with Crippen molar-refractivity contribution in [1.82, 2.24) is 0 Å². The van der Waals surface area contributed by atoms with E-state index in [1.807, 2.05) is 0 Å². The molecule has 0 spiro atoms. The third-order valence-corrected chi connectivity index (χ3v) is 13.6. The van der Waals surface area contributed by atoms with Crippen LogP contribution < -0.4 is 0 Å². The van der Waals surface area contributed by atoms with Gasteiger partial charge in [-0.05, 0) is 141 Å². The molecule has 0 saturated carbocycles. The van der Waals surface area contributed by atoms with Crippen LogP contribution in [0.15, 0.2) is 146 Å². The summed E-state index contributed by atoms with van der Waals surface area (Å²) in [5.74, 6) is -0.935. The van der Waals surface area contributed by atoms with E-state index in [4.69, 9.17) is 14.2 Å². The Balaban J connectivity index is 4.35. The molecule has 0 radical (unpaired) electrons. The van der Waals surface area contributed by atoms with Crippen molar-refractivity contribution in [3.63, 3.8) is 0 Å². The quantitative estimate of drug-likeness (QED) is 0.0261. The second kappa shape index (κ2) is 66.8. The van der Waals surface area contributed by atoms with Gasteiger partial charge in [0.25, 0.3) is 0 Å². The van der Waals surface area contributed by atoms with E-state index in [1.165, 1.54) is 83.5 Å². The first-order valence-corrected chi connectivity index (χ1v) is 32.8. The van der Waals surface area contributed by atoms with E-state index in [0.29, 0.717) is 19.3 Å². The topological polar surface area (TPSA) is 78.9 Å². The van der Waals surface area contributed by atoms with E-state index in [9.17, 15) is 14.4 Å². The summed E-state index contributed by atoms with van der Waals surface area (Å²) in [4.78, 5) is 38.3. The van der Waals surface area contributed by atoms with Crippen LogP contribution in [0, 0.1) is 0 Å². The third-order valence-electron chi connectivity index (χ3n) is 13.6. The van der Waals surface area contributed by atoms with Gasteiger partial charge in [0.05, 0.1) is 0 Å². The summed E-state index contributed by atoms with van der Waals surface area (Å²) < 4.78 is 16.9. The number of allylic oxidation sites excluding steroid dienone is 24. The van der Waals surface area contributed by atoms with Crippen LogP contribution in [0.4, 0.5) is 0 Å². The molecular weight excluding hydrogens is 985 g/mol. The lowest BCUT2D eigenvalue weighted by molar-refractivity contribution is -0.167. The van der Waals surface area contributed by atoms with Gasteiger partial charge in [-0.2, -0.15) is 0 Å². The third kappa shape index (κ3) is 64.1. The van der Waals surface area contributed by atoms with Crippen molar-refractivity contribution in [3.05, 3.63) is 146 Å². The van der Waals surface area contributed by atoms with Crippen LogP contribution in [0.1, 0.15) is 284 Å². The fraction of sp³-hybridized carbons (Fsp3) is 0.635. The van der Waals surface area contributed by atoms with Gasteiger partial charge in [-0.15, -0.1) is 0 Å². The number of carbonyl (C=O) groups is 3. The molecule has 0 bridgehead atoms. The Morgan fingerprint density at radius 3 is 0.775 bits per heavy atom. The van der Waals surface area contributed by atoms with Gasteiger partial charge in [0.15, 0.2) is 6.10 Å². The monoisotopic (exact) mass is 1100 g/mol. The first-order chi connectivity index (χ1) is 39.5. The maximum absolute atomic E-state index is 12.9. The molecule has 0 fully saturated rings. The molecule has 0 N–H and O–H groups in total. The van der Waals surface area contributed by atoms with Gasteiger partial charge in [-0.1, -0.05) is 269 Å². The zero-order valence-electron chi connectivity index (χ0n) is 51.8. The van der Waals surface area contributed by atoms with Crippen molar-refractivity contribution in [3.8, 4) is 0 Å². The summed E-state index contributed by atoms with van der Waals surface area (Å²) in [5.41, 5.74) is 0. The minimum Gasteiger partial charge on any atom is -0.462 e. The number of unbranched alkanes of at least 4 members (excludes halogenated alkanes) is 23. The van der Waals surface area contributed by atoms with E-state index >= 15 is 0 Å². The predicted octanol–water partition coefficient (Wildman–Crippen LogP) is 22.7. The summed E-state index contributed by atoms with van der Waals surface area (Å²) in [5, 5.41) is 0. The molecule has 0 saturated heterocycles. The Hall–Kier alpha value is -4.71. The van der Waals surface area contributed by atoms with Crippen LogP contribution in [-0.4, -0.2) is 37.2 Å². The number of hydrogen-bond acceptors (Lipinski definition) is 6.